The van der Waals surface area contributed by atoms with E-state index in [0.717, 1.165) is 164 Å². The van der Waals surface area contributed by atoms with Crippen molar-refractivity contribution in [1.29, 1.82) is 0 Å². The molecular formula is C74H49N9O3. The third kappa shape index (κ3) is 7.70. The van der Waals surface area contributed by atoms with Gasteiger partial charge in [0.1, 0.15) is 22.7 Å². The van der Waals surface area contributed by atoms with Crippen molar-refractivity contribution in [2.24, 2.45) is 14.1 Å². The Hall–Kier alpha value is -11.8. The minimum Gasteiger partial charge on any atom is -0.453 e. The van der Waals surface area contributed by atoms with Gasteiger partial charge in [0.05, 0.1) is 34.1 Å². The normalized spacial score (nSPS) is 12.7. The van der Waals surface area contributed by atoms with Gasteiger partial charge in [0.25, 0.3) is 0 Å². The van der Waals surface area contributed by atoms with Crippen molar-refractivity contribution in [1.82, 2.24) is 29.1 Å². The highest BCUT2D eigenvalue weighted by Gasteiger charge is 2.33. The molecule has 0 N–H and O–H groups in total. The van der Waals surface area contributed by atoms with Gasteiger partial charge in [-0.3, -0.25) is 0 Å². The van der Waals surface area contributed by atoms with Gasteiger partial charge in [-0.1, -0.05) is 109 Å². The molecule has 14 aromatic rings. The molecule has 4 aromatic heterocycles. The first-order valence-electron chi connectivity index (χ1n) is 28.6. The highest BCUT2D eigenvalue weighted by atomic mass is 16.5. The summed E-state index contributed by atoms with van der Waals surface area (Å²) in [6, 6.07) is 86.2. The van der Waals surface area contributed by atoms with Crippen LogP contribution in [0.5, 0.6) is 34.5 Å². The Labute approximate surface area is 494 Å². The highest BCUT2D eigenvalue weighted by Crippen LogP contribution is 2.56. The zero-order valence-corrected chi connectivity index (χ0v) is 46.6. The van der Waals surface area contributed by atoms with Crippen molar-refractivity contribution >= 4 is 73.5 Å². The number of imidazole rings is 2. The van der Waals surface area contributed by atoms with E-state index < -0.39 is 0 Å². The Kier molecular flexibility index (Phi) is 11.1. The van der Waals surface area contributed by atoms with E-state index >= 15 is 0 Å². The zero-order chi connectivity index (χ0) is 57.0. The van der Waals surface area contributed by atoms with Gasteiger partial charge < -0.3 is 38.0 Å². The van der Waals surface area contributed by atoms with Crippen LogP contribution >= 0.6 is 0 Å². The number of pyridine rings is 2. The molecule has 86 heavy (non-hydrogen) atoms. The summed E-state index contributed by atoms with van der Waals surface area (Å²) in [6.07, 6.45) is 3.65. The summed E-state index contributed by atoms with van der Waals surface area (Å²) in [7, 11) is 4.10. The van der Waals surface area contributed by atoms with Gasteiger partial charge in [-0.2, -0.15) is 0 Å². The summed E-state index contributed by atoms with van der Waals surface area (Å²) in [5.74, 6) is 6.18. The molecule has 0 aliphatic carbocycles. The monoisotopic (exact) mass is 1110 g/mol. The average Bonchev–Trinajstić information content (AvgIpc) is 1.84. The predicted molar refractivity (Wildman–Crippen MR) is 342 cm³/mol. The summed E-state index contributed by atoms with van der Waals surface area (Å²) < 4.78 is 23.7. The fraction of sp³-hybridized carbons (Fsp3) is 0.0270. The number of fused-ring (bicyclic) bond motifs is 8. The number of para-hydroxylation sites is 12. The van der Waals surface area contributed by atoms with Gasteiger partial charge in [-0.05, 0) is 167 Å². The van der Waals surface area contributed by atoms with Crippen molar-refractivity contribution in [3.8, 4) is 90.7 Å². The lowest BCUT2D eigenvalue weighted by atomic mass is 9.81. The lowest BCUT2D eigenvalue weighted by Gasteiger charge is -2.33. The largest absolute Gasteiger partial charge is 0.453 e. The Bertz CT molecular complexity index is 4900. The number of rotatable bonds is 8. The van der Waals surface area contributed by atoms with Crippen LogP contribution in [-0.4, -0.2) is 29.1 Å². The molecule has 0 spiro atoms. The van der Waals surface area contributed by atoms with Crippen LogP contribution in [0.2, 0.25) is 0 Å². The van der Waals surface area contributed by atoms with E-state index in [2.05, 4.69) is 183 Å². The van der Waals surface area contributed by atoms with Gasteiger partial charge in [-0.15, -0.1) is 0 Å². The average molecular weight is 1110 g/mol. The molecule has 17 rings (SSSR count). The van der Waals surface area contributed by atoms with Crippen molar-refractivity contribution < 1.29 is 14.2 Å². The lowest BCUT2D eigenvalue weighted by molar-refractivity contribution is 0.477. The van der Waals surface area contributed by atoms with E-state index in [4.69, 9.17) is 34.1 Å². The number of hydrogen-bond acceptors (Lipinski definition) is 10. The van der Waals surface area contributed by atoms with E-state index in [9.17, 15) is 0 Å². The molecule has 10 aromatic carbocycles. The van der Waals surface area contributed by atoms with Gasteiger partial charge in [-0.25, -0.2) is 19.9 Å². The number of benzene rings is 10. The zero-order valence-electron chi connectivity index (χ0n) is 46.6. The van der Waals surface area contributed by atoms with Crippen LogP contribution in [0.15, 0.2) is 261 Å². The SMILES string of the molecule is Cn1c(-c2cc(-c3ccc(N4c5ccccc5Oc5ccccc54)cc3)c(-c3ccc(N4c5ccccc5Oc5ccccc54)cc3)c(-c3ccc(N4c5ccccc5Oc5ccccc54)cc3)c2-c2nc3cccnc3n2C)nc2cccnc21. The van der Waals surface area contributed by atoms with E-state index in [-0.39, 0.29) is 0 Å². The highest BCUT2D eigenvalue weighted by molar-refractivity contribution is 6.08. The van der Waals surface area contributed by atoms with Crippen molar-refractivity contribution in [2.75, 3.05) is 14.7 Å². The van der Waals surface area contributed by atoms with Gasteiger partial charge in [0.15, 0.2) is 45.8 Å². The number of aryl methyl sites for hydroxylation is 2. The molecule has 0 saturated carbocycles. The minimum atomic E-state index is 0.731. The summed E-state index contributed by atoms with van der Waals surface area (Å²) in [5.41, 5.74) is 19.4. The van der Waals surface area contributed by atoms with E-state index in [0.29, 0.717) is 0 Å². The smallest absolute Gasteiger partial charge is 0.159 e. The molecule has 0 fully saturated rings. The Morgan fingerprint density at radius 2 is 0.616 bits per heavy atom. The number of aromatic nitrogens is 6. The molecule has 0 saturated heterocycles. The van der Waals surface area contributed by atoms with E-state index in [1.54, 1.807) is 0 Å². The molecule has 12 nitrogen and oxygen atoms in total. The summed E-state index contributed by atoms with van der Waals surface area (Å²) in [4.78, 5) is 27.6. The van der Waals surface area contributed by atoms with Crippen LogP contribution < -0.4 is 28.9 Å². The van der Waals surface area contributed by atoms with Gasteiger partial charge >= 0.3 is 0 Å². The summed E-state index contributed by atoms with van der Waals surface area (Å²) in [5, 5.41) is 0. The fourth-order valence-corrected chi connectivity index (χ4v) is 12.7. The van der Waals surface area contributed by atoms with Crippen molar-refractivity contribution in [2.45, 2.75) is 0 Å². The maximum Gasteiger partial charge on any atom is 0.159 e. The molecule has 0 atom stereocenters. The first kappa shape index (κ1) is 48.9. The molecule has 0 bridgehead atoms. The second kappa shape index (κ2) is 19.4. The fourth-order valence-electron chi connectivity index (χ4n) is 12.7. The molecule has 7 heterocycles. The Morgan fingerprint density at radius 1 is 0.291 bits per heavy atom. The molecule has 3 aliphatic heterocycles. The third-order valence-corrected chi connectivity index (χ3v) is 16.6. The van der Waals surface area contributed by atoms with Gasteiger partial charge in [0.2, 0.25) is 0 Å². The molecule has 408 valence electrons. The van der Waals surface area contributed by atoms with Crippen molar-refractivity contribution in [3.63, 3.8) is 0 Å². The first-order chi connectivity index (χ1) is 42.5. The minimum absolute atomic E-state index is 0.731. The second-order valence-corrected chi connectivity index (χ2v) is 21.5. The Balaban J connectivity index is 0.951. The maximum atomic E-state index is 6.50. The number of hydrogen-bond donors (Lipinski definition) is 0. The summed E-state index contributed by atoms with van der Waals surface area (Å²) >= 11 is 0. The molecule has 12 heteroatoms. The van der Waals surface area contributed by atoms with Crippen LogP contribution in [0.25, 0.3) is 78.5 Å². The maximum absolute atomic E-state index is 6.50. The summed E-state index contributed by atoms with van der Waals surface area (Å²) in [6.45, 7) is 0. The number of anilines is 9. The third-order valence-electron chi connectivity index (χ3n) is 16.6. The van der Waals surface area contributed by atoms with Gasteiger partial charge in [0, 0.05) is 60.2 Å². The standard InChI is InChI=1S/C74H49N9O3/c1-79-71(77-54-17-15-43-75-72(54)79)53-45-52(46-31-37-49(38-32-46)81-56-19-3-9-25-62(56)84-63-26-10-4-20-57(63)81)68(47-33-39-50(40-34-47)82-58-21-5-11-27-64(58)85-65-28-12-6-22-59(65)82)69(70(53)74-78-55-18-16-44-76-73(55)80(74)2)48-35-41-51(42-36-48)83-60-23-7-13-29-66(60)86-67-30-14-8-24-61(67)83/h3-45H,1-2H3. The molecule has 3 aliphatic rings. The van der Waals surface area contributed by atoms with Crippen LogP contribution in [0.4, 0.5) is 51.2 Å². The van der Waals surface area contributed by atoms with Crippen molar-refractivity contribution in [3.05, 3.63) is 261 Å². The van der Waals surface area contributed by atoms with Crippen LogP contribution in [0.1, 0.15) is 0 Å². The van der Waals surface area contributed by atoms with Crippen LogP contribution in [0.3, 0.4) is 0 Å². The van der Waals surface area contributed by atoms with E-state index in [1.165, 1.54) is 0 Å². The quantitative estimate of drug-likeness (QED) is 0.146. The Morgan fingerprint density at radius 3 is 0.988 bits per heavy atom. The first-order valence-corrected chi connectivity index (χ1v) is 28.6. The number of ether oxygens (including phenoxy) is 3. The molecule has 0 unspecified atom stereocenters. The predicted octanol–water partition coefficient (Wildman–Crippen LogP) is 19.3. The number of nitrogens with zero attached hydrogens (tertiary/aromatic N) is 9. The van der Waals surface area contributed by atoms with Crippen LogP contribution in [-0.2, 0) is 14.1 Å². The van der Waals surface area contributed by atoms with E-state index in [1.807, 2.05) is 117 Å². The second-order valence-electron chi connectivity index (χ2n) is 21.5. The molecular weight excluding hydrogens is 1060 g/mol. The van der Waals surface area contributed by atoms with Crippen LogP contribution in [0, 0.1) is 0 Å². The lowest BCUT2D eigenvalue weighted by Crippen LogP contribution is -2.15. The topological polar surface area (TPSA) is 98.8 Å². The molecule has 0 radical (unpaired) electrons. The molecule has 0 amide bonds.